The second-order valence-electron chi connectivity index (χ2n) is 4.27. The van der Waals surface area contributed by atoms with E-state index in [4.69, 9.17) is 9.84 Å². The molecule has 1 rings (SSSR count). The number of carbonyl (C=O) groups excluding carboxylic acids is 1. The van der Waals surface area contributed by atoms with Gasteiger partial charge in [0, 0.05) is 19.6 Å². The molecule has 5 nitrogen and oxygen atoms in total. The highest BCUT2D eigenvalue weighted by atomic mass is 16.5. The molecule has 0 aliphatic heterocycles. The third-order valence-corrected chi connectivity index (χ3v) is 2.92. The van der Waals surface area contributed by atoms with Crippen molar-refractivity contribution >= 4 is 11.9 Å². The molecule has 0 heterocycles. The summed E-state index contributed by atoms with van der Waals surface area (Å²) >= 11 is 0. The zero-order valence-corrected chi connectivity index (χ0v) is 9.81. The van der Waals surface area contributed by atoms with Crippen LogP contribution >= 0.6 is 0 Å². The fourth-order valence-electron chi connectivity index (χ4n) is 1.72. The summed E-state index contributed by atoms with van der Waals surface area (Å²) < 4.78 is 4.87. The van der Waals surface area contributed by atoms with Crippen molar-refractivity contribution in [1.82, 2.24) is 4.90 Å². The van der Waals surface area contributed by atoms with Gasteiger partial charge in [0.05, 0.1) is 6.61 Å². The molecule has 0 radical (unpaired) electrons. The van der Waals surface area contributed by atoms with Crippen molar-refractivity contribution in [1.29, 1.82) is 0 Å². The SMILES string of the molecule is COCCN(CC(=O)O)C(=O)C(C)C1CC1. The highest BCUT2D eigenvalue weighted by molar-refractivity contribution is 5.83. The first-order valence-corrected chi connectivity index (χ1v) is 5.55. The number of carbonyl (C=O) groups is 2. The Kier molecular flexibility index (Phi) is 4.73. The van der Waals surface area contributed by atoms with Crippen molar-refractivity contribution in [2.45, 2.75) is 19.8 Å². The van der Waals surface area contributed by atoms with E-state index in [0.29, 0.717) is 19.1 Å². The predicted molar refractivity (Wildman–Crippen MR) is 58.0 cm³/mol. The number of methoxy groups -OCH3 is 1. The first kappa shape index (κ1) is 13.0. The molecule has 1 unspecified atom stereocenters. The second-order valence-corrected chi connectivity index (χ2v) is 4.27. The third-order valence-electron chi connectivity index (χ3n) is 2.92. The van der Waals surface area contributed by atoms with Gasteiger partial charge in [-0.25, -0.2) is 0 Å². The Labute approximate surface area is 95.4 Å². The topological polar surface area (TPSA) is 66.8 Å². The van der Waals surface area contributed by atoms with Gasteiger partial charge in [0.25, 0.3) is 0 Å². The number of nitrogens with zero attached hydrogens (tertiary/aromatic N) is 1. The van der Waals surface area contributed by atoms with Crippen LogP contribution in [0.1, 0.15) is 19.8 Å². The Morgan fingerprint density at radius 2 is 2.12 bits per heavy atom. The molecule has 1 fully saturated rings. The lowest BCUT2D eigenvalue weighted by molar-refractivity contribution is -0.146. The molecule has 1 atom stereocenters. The molecule has 0 aromatic carbocycles. The number of aliphatic carboxylic acids is 1. The second kappa shape index (κ2) is 5.84. The average Bonchev–Trinajstić information content (AvgIpc) is 3.05. The minimum Gasteiger partial charge on any atom is -0.480 e. The summed E-state index contributed by atoms with van der Waals surface area (Å²) in [5.41, 5.74) is 0. The molecule has 0 spiro atoms. The highest BCUT2D eigenvalue weighted by Crippen LogP contribution is 2.37. The number of carboxylic acids is 1. The fourth-order valence-corrected chi connectivity index (χ4v) is 1.72. The Bertz CT molecular complexity index is 263. The van der Waals surface area contributed by atoms with E-state index < -0.39 is 5.97 Å². The smallest absolute Gasteiger partial charge is 0.323 e. The number of amides is 1. The molecule has 92 valence electrons. The molecular weight excluding hydrogens is 210 g/mol. The largest absolute Gasteiger partial charge is 0.480 e. The van der Waals surface area contributed by atoms with E-state index in [9.17, 15) is 9.59 Å². The number of rotatable bonds is 7. The zero-order valence-electron chi connectivity index (χ0n) is 9.81. The Morgan fingerprint density at radius 1 is 1.50 bits per heavy atom. The van der Waals surface area contributed by atoms with Crippen LogP contribution in [0.25, 0.3) is 0 Å². The predicted octanol–water partition coefficient (Wildman–Crippen LogP) is 0.592. The molecular formula is C11H19NO4. The average molecular weight is 229 g/mol. The van der Waals surface area contributed by atoms with Gasteiger partial charge in [0.2, 0.25) is 5.91 Å². The van der Waals surface area contributed by atoms with Crippen LogP contribution in [0.2, 0.25) is 0 Å². The van der Waals surface area contributed by atoms with Gasteiger partial charge in [-0.3, -0.25) is 9.59 Å². The van der Waals surface area contributed by atoms with Crippen LogP contribution in [0.3, 0.4) is 0 Å². The molecule has 1 amide bonds. The highest BCUT2D eigenvalue weighted by Gasteiger charge is 2.35. The molecule has 0 aromatic heterocycles. The molecule has 1 N–H and O–H groups in total. The van der Waals surface area contributed by atoms with Crippen LogP contribution in [-0.4, -0.2) is 48.7 Å². The summed E-state index contributed by atoms with van der Waals surface area (Å²) in [6.45, 7) is 2.36. The number of carboxylic acid groups (broad SMARTS) is 1. The Hall–Kier alpha value is -1.10. The maximum Gasteiger partial charge on any atom is 0.323 e. The minimum absolute atomic E-state index is 0.0591. The van der Waals surface area contributed by atoms with Crippen molar-refractivity contribution < 1.29 is 19.4 Å². The van der Waals surface area contributed by atoms with Crippen LogP contribution in [0.5, 0.6) is 0 Å². The van der Waals surface area contributed by atoms with Crippen molar-refractivity contribution in [3.8, 4) is 0 Å². The van der Waals surface area contributed by atoms with Gasteiger partial charge in [-0.05, 0) is 18.8 Å². The molecule has 1 aliphatic rings. The third kappa shape index (κ3) is 3.81. The van der Waals surface area contributed by atoms with E-state index in [2.05, 4.69) is 0 Å². The molecule has 1 aliphatic carbocycles. The standard InChI is InChI=1S/C11H19NO4/c1-8(9-3-4-9)11(15)12(5-6-16-2)7-10(13)14/h8-9H,3-7H2,1-2H3,(H,13,14). The van der Waals surface area contributed by atoms with Crippen molar-refractivity contribution in [3.63, 3.8) is 0 Å². The van der Waals surface area contributed by atoms with Gasteiger partial charge >= 0.3 is 5.97 Å². The van der Waals surface area contributed by atoms with Gasteiger partial charge in [-0.15, -0.1) is 0 Å². The van der Waals surface area contributed by atoms with Gasteiger partial charge in [0.15, 0.2) is 0 Å². The van der Waals surface area contributed by atoms with Crippen LogP contribution in [0, 0.1) is 11.8 Å². The van der Waals surface area contributed by atoms with E-state index in [0.717, 1.165) is 12.8 Å². The lowest BCUT2D eigenvalue weighted by Crippen LogP contribution is -2.41. The molecule has 5 heteroatoms. The molecule has 0 saturated heterocycles. The van der Waals surface area contributed by atoms with Crippen LogP contribution in [0.15, 0.2) is 0 Å². The van der Waals surface area contributed by atoms with Crippen molar-refractivity contribution in [3.05, 3.63) is 0 Å². The Morgan fingerprint density at radius 3 is 2.56 bits per heavy atom. The lowest BCUT2D eigenvalue weighted by Gasteiger charge is -2.23. The van der Waals surface area contributed by atoms with E-state index in [-0.39, 0.29) is 18.4 Å². The van der Waals surface area contributed by atoms with Gasteiger partial charge in [0.1, 0.15) is 6.54 Å². The summed E-state index contributed by atoms with van der Waals surface area (Å²) in [7, 11) is 1.54. The van der Waals surface area contributed by atoms with Gasteiger partial charge in [-0.1, -0.05) is 6.92 Å². The fraction of sp³-hybridized carbons (Fsp3) is 0.818. The van der Waals surface area contributed by atoms with Crippen molar-refractivity contribution in [2.24, 2.45) is 11.8 Å². The monoisotopic (exact) mass is 229 g/mol. The van der Waals surface area contributed by atoms with Crippen LogP contribution < -0.4 is 0 Å². The summed E-state index contributed by atoms with van der Waals surface area (Å²) in [5.74, 6) is -0.656. The maximum atomic E-state index is 12.0. The number of hydrogen-bond donors (Lipinski definition) is 1. The van der Waals surface area contributed by atoms with E-state index in [1.807, 2.05) is 6.92 Å². The van der Waals surface area contributed by atoms with Gasteiger partial charge in [-0.2, -0.15) is 0 Å². The summed E-state index contributed by atoms with van der Waals surface area (Å²) in [6, 6.07) is 0. The van der Waals surface area contributed by atoms with Crippen LogP contribution in [-0.2, 0) is 14.3 Å². The normalized spacial score (nSPS) is 16.9. The summed E-state index contributed by atoms with van der Waals surface area (Å²) in [6.07, 6.45) is 2.16. The van der Waals surface area contributed by atoms with Crippen LogP contribution in [0.4, 0.5) is 0 Å². The van der Waals surface area contributed by atoms with E-state index >= 15 is 0 Å². The number of hydrogen-bond acceptors (Lipinski definition) is 3. The minimum atomic E-state index is -0.979. The quantitative estimate of drug-likeness (QED) is 0.694. The number of ether oxygens (including phenoxy) is 1. The summed E-state index contributed by atoms with van der Waals surface area (Å²) in [5, 5.41) is 8.73. The summed E-state index contributed by atoms with van der Waals surface area (Å²) in [4.78, 5) is 24.0. The maximum absolute atomic E-state index is 12.0. The first-order chi connectivity index (χ1) is 7.56. The lowest BCUT2D eigenvalue weighted by atomic mass is 10.1. The van der Waals surface area contributed by atoms with E-state index in [1.54, 1.807) is 0 Å². The Balaban J connectivity index is 2.51. The van der Waals surface area contributed by atoms with Gasteiger partial charge < -0.3 is 14.7 Å². The molecule has 0 aromatic rings. The zero-order chi connectivity index (χ0) is 12.1. The van der Waals surface area contributed by atoms with Crippen molar-refractivity contribution in [2.75, 3.05) is 26.8 Å². The first-order valence-electron chi connectivity index (χ1n) is 5.55. The molecule has 1 saturated carbocycles. The molecule has 0 bridgehead atoms. The van der Waals surface area contributed by atoms with E-state index in [1.165, 1.54) is 12.0 Å². The molecule has 16 heavy (non-hydrogen) atoms.